The Hall–Kier alpha value is -1.88. The van der Waals surface area contributed by atoms with E-state index in [1.54, 1.807) is 13.3 Å². The molecule has 0 saturated carbocycles. The van der Waals surface area contributed by atoms with Crippen molar-refractivity contribution in [1.82, 2.24) is 4.98 Å². The third-order valence-corrected chi connectivity index (χ3v) is 5.49. The molecule has 1 N–H and O–H groups in total. The maximum atomic E-state index is 13.0. The van der Waals surface area contributed by atoms with Crippen molar-refractivity contribution < 1.29 is 9.53 Å². The first kappa shape index (κ1) is 16.0. The number of anilines is 1. The summed E-state index contributed by atoms with van der Waals surface area (Å²) in [5.74, 6) is 1.12. The minimum absolute atomic E-state index is 0.0565. The van der Waals surface area contributed by atoms with Gasteiger partial charge in [-0.15, -0.1) is 11.3 Å². The maximum Gasteiger partial charge on any atom is 0.233 e. The molecule has 1 aliphatic rings. The first-order valence-electron chi connectivity index (χ1n) is 7.96. The fraction of sp³-hybridized carbons (Fsp3) is 0.444. The van der Waals surface area contributed by atoms with Crippen molar-refractivity contribution in [2.24, 2.45) is 5.41 Å². The lowest BCUT2D eigenvalue weighted by Crippen LogP contribution is -2.37. The summed E-state index contributed by atoms with van der Waals surface area (Å²) in [5.41, 5.74) is 2.06. The van der Waals surface area contributed by atoms with Crippen molar-refractivity contribution in [1.29, 1.82) is 0 Å². The van der Waals surface area contributed by atoms with Gasteiger partial charge in [-0.05, 0) is 48.9 Å². The highest BCUT2D eigenvalue weighted by Gasteiger charge is 2.47. The van der Waals surface area contributed by atoms with Gasteiger partial charge in [0.1, 0.15) is 5.75 Å². The van der Waals surface area contributed by atoms with E-state index in [0.29, 0.717) is 5.13 Å². The van der Waals surface area contributed by atoms with Crippen LogP contribution in [-0.4, -0.2) is 18.0 Å². The Balaban J connectivity index is 1.93. The van der Waals surface area contributed by atoms with Crippen LogP contribution in [0.5, 0.6) is 5.75 Å². The number of aromatic nitrogens is 1. The Morgan fingerprint density at radius 1 is 1.52 bits per heavy atom. The topological polar surface area (TPSA) is 51.2 Å². The van der Waals surface area contributed by atoms with E-state index >= 15 is 0 Å². The van der Waals surface area contributed by atoms with Crippen LogP contribution in [0.3, 0.4) is 0 Å². The second kappa shape index (κ2) is 6.32. The molecule has 5 heteroatoms. The molecule has 0 fully saturated rings. The molecular formula is C18H22N2O2S. The van der Waals surface area contributed by atoms with Gasteiger partial charge in [0, 0.05) is 11.6 Å². The molecule has 1 aromatic carbocycles. The quantitative estimate of drug-likeness (QED) is 0.892. The zero-order chi connectivity index (χ0) is 16.4. The molecule has 23 heavy (non-hydrogen) atoms. The summed E-state index contributed by atoms with van der Waals surface area (Å²) in [7, 11) is 1.68. The normalized spacial score (nSPS) is 22.7. The molecule has 1 aromatic heterocycles. The van der Waals surface area contributed by atoms with Gasteiger partial charge in [-0.25, -0.2) is 4.98 Å². The number of methoxy groups -OCH3 is 1. The Kier molecular flexibility index (Phi) is 4.39. The summed E-state index contributed by atoms with van der Waals surface area (Å²) in [4.78, 5) is 17.1. The molecule has 2 atom stereocenters. The molecular weight excluding hydrogens is 308 g/mol. The van der Waals surface area contributed by atoms with Crippen LogP contribution in [-0.2, 0) is 11.2 Å². The average molecular weight is 330 g/mol. The van der Waals surface area contributed by atoms with Gasteiger partial charge in [-0.3, -0.25) is 4.79 Å². The van der Waals surface area contributed by atoms with Crippen LogP contribution in [0, 0.1) is 5.41 Å². The van der Waals surface area contributed by atoms with Gasteiger partial charge in [-0.1, -0.05) is 19.4 Å². The van der Waals surface area contributed by atoms with Crippen molar-refractivity contribution in [2.45, 2.75) is 39.0 Å². The minimum atomic E-state index is -0.448. The Labute approximate surface area is 140 Å². The first-order valence-corrected chi connectivity index (χ1v) is 8.84. The molecule has 0 bridgehead atoms. The van der Waals surface area contributed by atoms with E-state index in [0.717, 1.165) is 25.0 Å². The molecule has 1 aliphatic carbocycles. The highest BCUT2D eigenvalue weighted by atomic mass is 32.1. The van der Waals surface area contributed by atoms with Crippen LogP contribution in [0.4, 0.5) is 5.13 Å². The lowest BCUT2D eigenvalue weighted by molar-refractivity contribution is -0.125. The summed E-state index contributed by atoms with van der Waals surface area (Å²) >= 11 is 1.45. The van der Waals surface area contributed by atoms with E-state index in [1.165, 1.54) is 22.5 Å². The van der Waals surface area contributed by atoms with Gasteiger partial charge in [0.25, 0.3) is 0 Å². The first-order chi connectivity index (χ1) is 11.1. The molecule has 0 spiro atoms. The average Bonchev–Trinajstić information content (AvgIpc) is 3.15. The second-order valence-corrected chi connectivity index (χ2v) is 7.19. The van der Waals surface area contributed by atoms with Crippen molar-refractivity contribution in [3.05, 3.63) is 40.9 Å². The maximum absolute atomic E-state index is 13.0. The fourth-order valence-corrected chi connectivity index (χ4v) is 4.10. The third kappa shape index (κ3) is 2.85. The SMILES string of the molecule is CCC[C@@H]1c2cc(OC)ccc2C[C@@]1(C)C(=O)Nc1nccs1. The number of benzene rings is 1. The van der Waals surface area contributed by atoms with Crippen LogP contribution in [0.2, 0.25) is 0 Å². The number of amides is 1. The largest absolute Gasteiger partial charge is 0.497 e. The van der Waals surface area contributed by atoms with E-state index in [4.69, 9.17) is 4.74 Å². The van der Waals surface area contributed by atoms with E-state index in [-0.39, 0.29) is 11.8 Å². The molecule has 1 heterocycles. The summed E-state index contributed by atoms with van der Waals surface area (Å²) in [6.45, 7) is 4.24. The number of fused-ring (bicyclic) bond motifs is 1. The van der Waals surface area contributed by atoms with E-state index < -0.39 is 5.41 Å². The second-order valence-electron chi connectivity index (χ2n) is 6.29. The van der Waals surface area contributed by atoms with Crippen LogP contribution in [0.15, 0.2) is 29.8 Å². The Morgan fingerprint density at radius 3 is 3.00 bits per heavy atom. The number of carbonyl (C=O) groups excluding carboxylic acids is 1. The third-order valence-electron chi connectivity index (χ3n) is 4.80. The summed E-state index contributed by atoms with van der Waals surface area (Å²) in [6.07, 6.45) is 4.50. The van der Waals surface area contributed by atoms with Gasteiger partial charge in [-0.2, -0.15) is 0 Å². The van der Waals surface area contributed by atoms with Gasteiger partial charge in [0.2, 0.25) is 5.91 Å². The van der Waals surface area contributed by atoms with Gasteiger partial charge >= 0.3 is 0 Å². The highest BCUT2D eigenvalue weighted by molar-refractivity contribution is 7.13. The number of rotatable bonds is 5. The van der Waals surface area contributed by atoms with Crippen molar-refractivity contribution in [2.75, 3.05) is 12.4 Å². The predicted molar refractivity (Wildman–Crippen MR) is 93.2 cm³/mol. The standard InChI is InChI=1S/C18H22N2O2S/c1-4-5-15-14-10-13(22-3)7-6-12(14)11-18(15,2)16(21)20-17-19-8-9-23-17/h6-10,15H,4-5,11H2,1-3H3,(H,19,20,21)/t15-,18-/m1/s1. The van der Waals surface area contributed by atoms with E-state index in [2.05, 4.69) is 36.3 Å². The monoisotopic (exact) mass is 330 g/mol. The van der Waals surface area contributed by atoms with E-state index in [1.807, 2.05) is 11.4 Å². The molecule has 1 amide bonds. The number of thiazole rings is 1. The van der Waals surface area contributed by atoms with Crippen LogP contribution in [0.1, 0.15) is 43.7 Å². The molecule has 0 aliphatic heterocycles. The molecule has 0 saturated heterocycles. The Morgan fingerprint density at radius 2 is 2.35 bits per heavy atom. The van der Waals surface area contributed by atoms with Gasteiger partial charge in [0.05, 0.1) is 12.5 Å². The van der Waals surface area contributed by atoms with Crippen molar-refractivity contribution >= 4 is 22.4 Å². The van der Waals surface area contributed by atoms with Crippen molar-refractivity contribution in [3.8, 4) is 5.75 Å². The number of nitrogens with one attached hydrogen (secondary N) is 1. The zero-order valence-corrected chi connectivity index (χ0v) is 14.6. The van der Waals surface area contributed by atoms with Crippen molar-refractivity contribution in [3.63, 3.8) is 0 Å². The predicted octanol–water partition coefficient (Wildman–Crippen LogP) is 4.24. The number of carbonyl (C=O) groups is 1. The Bertz CT molecular complexity index is 699. The number of ether oxygens (including phenoxy) is 1. The molecule has 0 unspecified atom stereocenters. The smallest absolute Gasteiger partial charge is 0.233 e. The zero-order valence-electron chi connectivity index (χ0n) is 13.8. The lowest BCUT2D eigenvalue weighted by Gasteiger charge is -2.30. The van der Waals surface area contributed by atoms with Gasteiger partial charge < -0.3 is 10.1 Å². The molecule has 122 valence electrons. The highest BCUT2D eigenvalue weighted by Crippen LogP contribution is 2.51. The summed E-state index contributed by atoms with van der Waals surface area (Å²) in [5, 5.41) is 5.53. The summed E-state index contributed by atoms with van der Waals surface area (Å²) in [6, 6.07) is 6.17. The lowest BCUT2D eigenvalue weighted by atomic mass is 9.75. The van der Waals surface area contributed by atoms with Crippen LogP contribution in [0.25, 0.3) is 0 Å². The minimum Gasteiger partial charge on any atom is -0.497 e. The fourth-order valence-electron chi connectivity index (χ4n) is 3.57. The van der Waals surface area contributed by atoms with Gasteiger partial charge in [0.15, 0.2) is 5.13 Å². The van der Waals surface area contributed by atoms with Crippen LogP contribution >= 0.6 is 11.3 Å². The number of nitrogens with zero attached hydrogens (tertiary/aromatic N) is 1. The summed E-state index contributed by atoms with van der Waals surface area (Å²) < 4.78 is 5.37. The number of hydrogen-bond donors (Lipinski definition) is 1. The van der Waals surface area contributed by atoms with E-state index in [9.17, 15) is 4.79 Å². The van der Waals surface area contributed by atoms with Crippen LogP contribution < -0.4 is 10.1 Å². The number of hydrogen-bond acceptors (Lipinski definition) is 4. The molecule has 3 rings (SSSR count). The molecule has 0 radical (unpaired) electrons. The molecule has 2 aromatic rings. The molecule has 4 nitrogen and oxygen atoms in total.